The summed E-state index contributed by atoms with van der Waals surface area (Å²) in [5.41, 5.74) is 5.51. The first kappa shape index (κ1) is 14.2. The standard InChI is InChI=1S/C13H24N2O2/c1-3-8-15(9-10-17-2)12(16)13(11-14)6-4-5-7-13/h3H,1,4-11,14H2,2H3. The number of carbonyl (C=O) groups excluding carboxylic acids is 1. The van der Waals surface area contributed by atoms with Crippen LogP contribution in [0.1, 0.15) is 25.7 Å². The van der Waals surface area contributed by atoms with Crippen molar-refractivity contribution in [1.82, 2.24) is 4.90 Å². The van der Waals surface area contributed by atoms with Crippen LogP contribution in [0.2, 0.25) is 0 Å². The fraction of sp³-hybridized carbons (Fsp3) is 0.769. The Bertz CT molecular complexity index is 260. The number of nitrogens with zero attached hydrogens (tertiary/aromatic N) is 1. The summed E-state index contributed by atoms with van der Waals surface area (Å²) in [5, 5.41) is 0. The normalized spacial score (nSPS) is 18.0. The number of carbonyl (C=O) groups is 1. The van der Waals surface area contributed by atoms with E-state index in [2.05, 4.69) is 6.58 Å². The zero-order valence-corrected chi connectivity index (χ0v) is 10.8. The lowest BCUT2D eigenvalue weighted by Gasteiger charge is -2.32. The quantitative estimate of drug-likeness (QED) is 0.680. The summed E-state index contributed by atoms with van der Waals surface area (Å²) in [6, 6.07) is 0. The minimum Gasteiger partial charge on any atom is -0.383 e. The Morgan fingerprint density at radius 2 is 2.18 bits per heavy atom. The van der Waals surface area contributed by atoms with Gasteiger partial charge in [-0.1, -0.05) is 18.9 Å². The molecule has 0 saturated heterocycles. The molecule has 17 heavy (non-hydrogen) atoms. The van der Waals surface area contributed by atoms with E-state index in [0.29, 0.717) is 26.2 Å². The molecule has 1 amide bonds. The molecule has 0 bridgehead atoms. The van der Waals surface area contributed by atoms with Gasteiger partial charge in [-0.3, -0.25) is 4.79 Å². The third kappa shape index (κ3) is 3.30. The highest BCUT2D eigenvalue weighted by molar-refractivity contribution is 5.83. The van der Waals surface area contributed by atoms with Gasteiger partial charge in [0.25, 0.3) is 0 Å². The summed E-state index contributed by atoms with van der Waals surface area (Å²) >= 11 is 0. The fourth-order valence-corrected chi connectivity index (χ4v) is 2.53. The van der Waals surface area contributed by atoms with E-state index in [9.17, 15) is 4.79 Å². The van der Waals surface area contributed by atoms with Crippen molar-refractivity contribution in [2.75, 3.05) is 33.4 Å². The lowest BCUT2D eigenvalue weighted by Crippen LogP contribution is -2.47. The predicted molar refractivity (Wildman–Crippen MR) is 68.6 cm³/mol. The minimum atomic E-state index is -0.323. The van der Waals surface area contributed by atoms with Crippen molar-refractivity contribution in [3.63, 3.8) is 0 Å². The van der Waals surface area contributed by atoms with E-state index in [1.54, 1.807) is 13.2 Å². The number of methoxy groups -OCH3 is 1. The number of rotatable bonds is 7. The second kappa shape index (κ2) is 6.77. The first-order valence-electron chi connectivity index (χ1n) is 6.29. The van der Waals surface area contributed by atoms with Crippen molar-refractivity contribution >= 4 is 5.91 Å². The van der Waals surface area contributed by atoms with Gasteiger partial charge in [0.2, 0.25) is 5.91 Å². The third-order valence-corrected chi connectivity index (χ3v) is 3.61. The van der Waals surface area contributed by atoms with Crippen LogP contribution in [-0.2, 0) is 9.53 Å². The smallest absolute Gasteiger partial charge is 0.230 e. The van der Waals surface area contributed by atoms with Crippen LogP contribution in [0.25, 0.3) is 0 Å². The maximum absolute atomic E-state index is 12.5. The summed E-state index contributed by atoms with van der Waals surface area (Å²) in [6.07, 6.45) is 5.81. The minimum absolute atomic E-state index is 0.175. The lowest BCUT2D eigenvalue weighted by atomic mass is 9.84. The van der Waals surface area contributed by atoms with Crippen LogP contribution in [0.5, 0.6) is 0 Å². The van der Waals surface area contributed by atoms with E-state index in [1.807, 2.05) is 4.90 Å². The molecule has 98 valence electrons. The van der Waals surface area contributed by atoms with E-state index >= 15 is 0 Å². The highest BCUT2D eigenvalue weighted by Gasteiger charge is 2.41. The first-order valence-corrected chi connectivity index (χ1v) is 6.29. The van der Waals surface area contributed by atoms with Gasteiger partial charge in [-0.25, -0.2) is 0 Å². The van der Waals surface area contributed by atoms with E-state index in [0.717, 1.165) is 25.7 Å². The Kier molecular flexibility index (Phi) is 5.65. The van der Waals surface area contributed by atoms with Crippen molar-refractivity contribution < 1.29 is 9.53 Å². The van der Waals surface area contributed by atoms with E-state index in [4.69, 9.17) is 10.5 Å². The second-order valence-electron chi connectivity index (χ2n) is 4.72. The monoisotopic (exact) mass is 240 g/mol. The van der Waals surface area contributed by atoms with Gasteiger partial charge in [0.15, 0.2) is 0 Å². The molecule has 0 aromatic carbocycles. The molecule has 0 aromatic heterocycles. The van der Waals surface area contributed by atoms with Crippen LogP contribution in [0.3, 0.4) is 0 Å². The molecule has 1 rings (SSSR count). The lowest BCUT2D eigenvalue weighted by molar-refractivity contribution is -0.141. The highest BCUT2D eigenvalue weighted by Crippen LogP contribution is 2.38. The highest BCUT2D eigenvalue weighted by atomic mass is 16.5. The Hall–Kier alpha value is -0.870. The number of hydrogen-bond acceptors (Lipinski definition) is 3. The molecule has 0 unspecified atom stereocenters. The molecule has 1 fully saturated rings. The molecule has 0 radical (unpaired) electrons. The molecule has 4 heteroatoms. The molecule has 1 saturated carbocycles. The fourth-order valence-electron chi connectivity index (χ4n) is 2.53. The molecule has 0 heterocycles. The Morgan fingerprint density at radius 3 is 2.65 bits per heavy atom. The molecule has 0 atom stereocenters. The van der Waals surface area contributed by atoms with Gasteiger partial charge in [-0.15, -0.1) is 6.58 Å². The van der Waals surface area contributed by atoms with Gasteiger partial charge < -0.3 is 15.4 Å². The molecule has 1 aliphatic rings. The zero-order chi connectivity index (χ0) is 12.7. The maximum Gasteiger partial charge on any atom is 0.230 e. The van der Waals surface area contributed by atoms with Crippen LogP contribution in [0.4, 0.5) is 0 Å². The summed E-state index contributed by atoms with van der Waals surface area (Å²) in [5.74, 6) is 0.175. The average molecular weight is 240 g/mol. The topological polar surface area (TPSA) is 55.6 Å². The molecule has 0 aliphatic heterocycles. The number of amides is 1. The van der Waals surface area contributed by atoms with E-state index in [1.165, 1.54) is 0 Å². The van der Waals surface area contributed by atoms with Crippen molar-refractivity contribution in [3.8, 4) is 0 Å². The van der Waals surface area contributed by atoms with Gasteiger partial charge in [0, 0.05) is 26.7 Å². The van der Waals surface area contributed by atoms with Gasteiger partial charge >= 0.3 is 0 Å². The van der Waals surface area contributed by atoms with Crippen molar-refractivity contribution in [2.45, 2.75) is 25.7 Å². The molecule has 0 spiro atoms. The predicted octanol–water partition coefficient (Wildman–Crippen LogP) is 1.17. The Morgan fingerprint density at radius 1 is 1.53 bits per heavy atom. The van der Waals surface area contributed by atoms with Crippen LogP contribution in [-0.4, -0.2) is 44.2 Å². The van der Waals surface area contributed by atoms with Crippen molar-refractivity contribution in [2.24, 2.45) is 11.1 Å². The maximum atomic E-state index is 12.5. The second-order valence-corrected chi connectivity index (χ2v) is 4.72. The molecule has 0 aromatic rings. The molecular formula is C13H24N2O2. The SMILES string of the molecule is C=CCN(CCOC)C(=O)C1(CN)CCCC1. The van der Waals surface area contributed by atoms with Gasteiger partial charge in [0.05, 0.1) is 12.0 Å². The van der Waals surface area contributed by atoms with Crippen molar-refractivity contribution in [3.05, 3.63) is 12.7 Å². The third-order valence-electron chi connectivity index (χ3n) is 3.61. The van der Waals surface area contributed by atoms with Gasteiger partial charge in [-0.2, -0.15) is 0 Å². The first-order chi connectivity index (χ1) is 8.20. The van der Waals surface area contributed by atoms with Crippen molar-refractivity contribution in [1.29, 1.82) is 0 Å². The molecule has 4 nitrogen and oxygen atoms in total. The van der Waals surface area contributed by atoms with E-state index < -0.39 is 0 Å². The zero-order valence-electron chi connectivity index (χ0n) is 10.8. The summed E-state index contributed by atoms with van der Waals surface area (Å²) in [4.78, 5) is 14.4. The summed E-state index contributed by atoms with van der Waals surface area (Å²) in [7, 11) is 1.64. The van der Waals surface area contributed by atoms with Gasteiger partial charge in [0.1, 0.15) is 0 Å². The summed E-state index contributed by atoms with van der Waals surface area (Å²) < 4.78 is 5.04. The largest absolute Gasteiger partial charge is 0.383 e. The number of hydrogen-bond donors (Lipinski definition) is 1. The Balaban J connectivity index is 2.70. The molecule has 2 N–H and O–H groups in total. The van der Waals surface area contributed by atoms with E-state index in [-0.39, 0.29) is 11.3 Å². The van der Waals surface area contributed by atoms with Crippen LogP contribution >= 0.6 is 0 Å². The van der Waals surface area contributed by atoms with Crippen LogP contribution in [0, 0.1) is 5.41 Å². The average Bonchev–Trinajstić information content (AvgIpc) is 2.83. The Labute approximate surface area is 104 Å². The number of nitrogens with two attached hydrogens (primary N) is 1. The summed E-state index contributed by atoms with van der Waals surface area (Å²) in [6.45, 7) is 5.89. The van der Waals surface area contributed by atoms with Crippen LogP contribution < -0.4 is 5.73 Å². The molecular weight excluding hydrogens is 216 g/mol. The van der Waals surface area contributed by atoms with Crippen LogP contribution in [0.15, 0.2) is 12.7 Å². The molecule has 1 aliphatic carbocycles. The van der Waals surface area contributed by atoms with Gasteiger partial charge in [-0.05, 0) is 12.8 Å². The number of ether oxygens (including phenoxy) is 1.